The average Bonchev–Trinajstić information content (AvgIpc) is 2.50. The van der Waals surface area contributed by atoms with Crippen LogP contribution in [0, 0.1) is 6.92 Å². The SMILES string of the molecule is COc1cccc(CCNC(=O)Cn2cnc(C)cc2=O)c1. The molecule has 1 amide bonds. The summed E-state index contributed by atoms with van der Waals surface area (Å²) in [7, 11) is 1.62. The van der Waals surface area contributed by atoms with Crippen molar-refractivity contribution in [2.75, 3.05) is 13.7 Å². The van der Waals surface area contributed by atoms with Gasteiger partial charge in [0.2, 0.25) is 5.91 Å². The smallest absolute Gasteiger partial charge is 0.253 e. The third-order valence-electron chi connectivity index (χ3n) is 3.20. The highest BCUT2D eigenvalue weighted by Gasteiger charge is 2.05. The van der Waals surface area contributed by atoms with Crippen molar-refractivity contribution in [2.24, 2.45) is 0 Å². The fourth-order valence-electron chi connectivity index (χ4n) is 2.02. The number of hydrogen-bond donors (Lipinski definition) is 1. The molecule has 0 bridgehead atoms. The zero-order valence-corrected chi connectivity index (χ0v) is 12.7. The lowest BCUT2D eigenvalue weighted by atomic mass is 10.1. The van der Waals surface area contributed by atoms with Gasteiger partial charge in [-0.05, 0) is 31.0 Å². The molecular weight excluding hydrogens is 282 g/mol. The maximum Gasteiger partial charge on any atom is 0.253 e. The maximum absolute atomic E-state index is 11.8. The maximum atomic E-state index is 11.8. The number of aromatic nitrogens is 2. The Balaban J connectivity index is 1.84. The molecular formula is C16H19N3O3. The molecule has 0 saturated heterocycles. The van der Waals surface area contributed by atoms with Gasteiger partial charge in [-0.15, -0.1) is 0 Å². The zero-order valence-electron chi connectivity index (χ0n) is 12.7. The molecule has 6 nitrogen and oxygen atoms in total. The van der Waals surface area contributed by atoms with Crippen LogP contribution in [0.25, 0.3) is 0 Å². The molecule has 0 fully saturated rings. The Morgan fingerprint density at radius 1 is 1.36 bits per heavy atom. The monoisotopic (exact) mass is 301 g/mol. The summed E-state index contributed by atoms with van der Waals surface area (Å²) in [6, 6.07) is 9.10. The lowest BCUT2D eigenvalue weighted by Crippen LogP contribution is -2.33. The average molecular weight is 301 g/mol. The van der Waals surface area contributed by atoms with E-state index < -0.39 is 0 Å². The number of nitrogens with one attached hydrogen (secondary N) is 1. The molecule has 2 rings (SSSR count). The van der Waals surface area contributed by atoms with Crippen LogP contribution in [0.2, 0.25) is 0 Å². The van der Waals surface area contributed by atoms with Crippen molar-refractivity contribution >= 4 is 5.91 Å². The molecule has 0 unspecified atom stereocenters. The number of aryl methyl sites for hydroxylation is 1. The van der Waals surface area contributed by atoms with Crippen molar-refractivity contribution in [3.05, 3.63) is 58.3 Å². The molecule has 116 valence electrons. The van der Waals surface area contributed by atoms with Gasteiger partial charge in [0, 0.05) is 18.3 Å². The summed E-state index contributed by atoms with van der Waals surface area (Å²) in [5.74, 6) is 0.580. The summed E-state index contributed by atoms with van der Waals surface area (Å²) in [6.07, 6.45) is 2.09. The Hall–Kier alpha value is -2.63. The molecule has 0 saturated carbocycles. The third-order valence-corrected chi connectivity index (χ3v) is 3.20. The largest absolute Gasteiger partial charge is 0.497 e. The number of carbonyl (C=O) groups excluding carboxylic acids is 1. The molecule has 0 radical (unpaired) electrons. The fraction of sp³-hybridized carbons (Fsp3) is 0.312. The number of carbonyl (C=O) groups is 1. The van der Waals surface area contributed by atoms with Gasteiger partial charge in [0.1, 0.15) is 12.3 Å². The van der Waals surface area contributed by atoms with E-state index in [0.29, 0.717) is 18.7 Å². The van der Waals surface area contributed by atoms with E-state index in [-0.39, 0.29) is 18.0 Å². The highest BCUT2D eigenvalue weighted by atomic mass is 16.5. The third kappa shape index (κ3) is 4.44. The molecule has 0 aliphatic carbocycles. The van der Waals surface area contributed by atoms with Crippen LogP contribution in [-0.2, 0) is 17.8 Å². The molecule has 1 aromatic carbocycles. The number of ether oxygens (including phenoxy) is 1. The van der Waals surface area contributed by atoms with Gasteiger partial charge < -0.3 is 10.1 Å². The minimum Gasteiger partial charge on any atom is -0.497 e. The number of amides is 1. The van der Waals surface area contributed by atoms with Gasteiger partial charge in [-0.2, -0.15) is 0 Å². The molecule has 1 heterocycles. The van der Waals surface area contributed by atoms with Gasteiger partial charge in [-0.3, -0.25) is 14.2 Å². The minimum atomic E-state index is -0.226. The Bertz CT molecular complexity index is 710. The van der Waals surface area contributed by atoms with Crippen LogP contribution in [0.4, 0.5) is 0 Å². The number of nitrogens with zero attached hydrogens (tertiary/aromatic N) is 2. The number of rotatable bonds is 6. The number of benzene rings is 1. The highest BCUT2D eigenvalue weighted by molar-refractivity contribution is 5.75. The van der Waals surface area contributed by atoms with Crippen LogP contribution in [-0.4, -0.2) is 29.1 Å². The summed E-state index contributed by atoms with van der Waals surface area (Å²) >= 11 is 0. The topological polar surface area (TPSA) is 73.2 Å². The van der Waals surface area contributed by atoms with Crippen molar-refractivity contribution in [2.45, 2.75) is 19.9 Å². The molecule has 0 aliphatic heterocycles. The second-order valence-electron chi connectivity index (χ2n) is 4.95. The summed E-state index contributed by atoms with van der Waals surface area (Å²) in [5.41, 5.74) is 1.49. The van der Waals surface area contributed by atoms with Crippen LogP contribution >= 0.6 is 0 Å². The molecule has 6 heteroatoms. The summed E-state index contributed by atoms with van der Waals surface area (Å²) < 4.78 is 6.44. The number of methoxy groups -OCH3 is 1. The van der Waals surface area contributed by atoms with E-state index in [9.17, 15) is 9.59 Å². The summed E-state index contributed by atoms with van der Waals surface area (Å²) in [5, 5.41) is 2.79. The molecule has 1 aromatic heterocycles. The first-order chi connectivity index (χ1) is 10.6. The van der Waals surface area contributed by atoms with E-state index in [1.54, 1.807) is 14.0 Å². The van der Waals surface area contributed by atoms with Crippen molar-refractivity contribution in [3.8, 4) is 5.75 Å². The molecule has 22 heavy (non-hydrogen) atoms. The van der Waals surface area contributed by atoms with E-state index in [1.165, 1.54) is 17.0 Å². The van der Waals surface area contributed by atoms with Gasteiger partial charge in [-0.1, -0.05) is 12.1 Å². The lowest BCUT2D eigenvalue weighted by molar-refractivity contribution is -0.121. The van der Waals surface area contributed by atoms with Gasteiger partial charge in [0.25, 0.3) is 5.56 Å². The van der Waals surface area contributed by atoms with Crippen LogP contribution in [0.15, 0.2) is 41.5 Å². The van der Waals surface area contributed by atoms with Crippen LogP contribution in [0.3, 0.4) is 0 Å². The Kier molecular flexibility index (Phi) is 5.30. The van der Waals surface area contributed by atoms with Crippen LogP contribution < -0.4 is 15.6 Å². The van der Waals surface area contributed by atoms with E-state index in [0.717, 1.165) is 11.3 Å². The van der Waals surface area contributed by atoms with Gasteiger partial charge >= 0.3 is 0 Å². The first-order valence-corrected chi connectivity index (χ1v) is 7.01. The highest BCUT2D eigenvalue weighted by Crippen LogP contribution is 2.12. The molecule has 1 N–H and O–H groups in total. The van der Waals surface area contributed by atoms with E-state index in [2.05, 4.69) is 10.3 Å². The predicted molar refractivity (Wildman–Crippen MR) is 82.9 cm³/mol. The molecule has 0 spiro atoms. The first-order valence-electron chi connectivity index (χ1n) is 7.01. The quantitative estimate of drug-likeness (QED) is 0.861. The number of hydrogen-bond acceptors (Lipinski definition) is 4. The Labute approximate surface area is 128 Å². The van der Waals surface area contributed by atoms with Crippen molar-refractivity contribution in [1.29, 1.82) is 0 Å². The standard InChI is InChI=1S/C16H19N3O3/c1-12-8-16(21)19(11-18-12)10-15(20)17-7-6-13-4-3-5-14(9-13)22-2/h3-5,8-9,11H,6-7,10H2,1-2H3,(H,17,20). The lowest BCUT2D eigenvalue weighted by Gasteiger charge is -2.08. The second-order valence-corrected chi connectivity index (χ2v) is 4.95. The van der Waals surface area contributed by atoms with E-state index in [4.69, 9.17) is 4.74 Å². The Morgan fingerprint density at radius 2 is 2.18 bits per heavy atom. The summed E-state index contributed by atoms with van der Waals surface area (Å²) in [6.45, 7) is 2.21. The van der Waals surface area contributed by atoms with Crippen molar-refractivity contribution in [3.63, 3.8) is 0 Å². The molecule has 0 aliphatic rings. The normalized spacial score (nSPS) is 10.3. The molecule has 2 aromatic rings. The molecule has 0 atom stereocenters. The van der Waals surface area contributed by atoms with Gasteiger partial charge in [0.15, 0.2) is 0 Å². The second kappa shape index (κ2) is 7.40. The predicted octanol–water partition coefficient (Wildman–Crippen LogP) is 0.919. The summed E-state index contributed by atoms with van der Waals surface area (Å²) in [4.78, 5) is 27.5. The first kappa shape index (κ1) is 15.8. The van der Waals surface area contributed by atoms with Crippen molar-refractivity contribution < 1.29 is 9.53 Å². The van der Waals surface area contributed by atoms with E-state index >= 15 is 0 Å². The van der Waals surface area contributed by atoms with Crippen molar-refractivity contribution in [1.82, 2.24) is 14.9 Å². The fourth-order valence-corrected chi connectivity index (χ4v) is 2.02. The van der Waals surface area contributed by atoms with Gasteiger partial charge in [0.05, 0.1) is 13.4 Å². The van der Waals surface area contributed by atoms with Gasteiger partial charge in [-0.25, -0.2) is 4.98 Å². The van der Waals surface area contributed by atoms with E-state index in [1.807, 2.05) is 24.3 Å². The van der Waals surface area contributed by atoms with Crippen LogP contribution in [0.5, 0.6) is 5.75 Å². The minimum absolute atomic E-state index is 0.0236. The van der Waals surface area contributed by atoms with Crippen LogP contribution in [0.1, 0.15) is 11.3 Å². The Morgan fingerprint density at radius 3 is 2.91 bits per heavy atom. The zero-order chi connectivity index (χ0) is 15.9.